The molecule has 0 radical (unpaired) electrons. The molecule has 1 aliphatic heterocycles. The topological polar surface area (TPSA) is 128 Å². The Hall–Kier alpha value is -3.58. The van der Waals surface area contributed by atoms with Crippen LogP contribution in [0.3, 0.4) is 0 Å². The number of aryl methyl sites for hydroxylation is 2. The maximum absolute atomic E-state index is 13.3. The van der Waals surface area contributed by atoms with E-state index >= 15 is 0 Å². The Morgan fingerprint density at radius 3 is 2.05 bits per heavy atom. The Balaban J connectivity index is 1.07. The van der Waals surface area contributed by atoms with Crippen LogP contribution in [-0.2, 0) is 43.9 Å². The highest BCUT2D eigenvalue weighted by atomic mass is 32.1. The zero-order chi connectivity index (χ0) is 27.1. The van der Waals surface area contributed by atoms with Crippen LogP contribution in [0.15, 0.2) is 60.7 Å². The predicted octanol–water partition coefficient (Wildman–Crippen LogP) is 4.36. The third kappa shape index (κ3) is 6.90. The predicted molar refractivity (Wildman–Crippen MR) is 148 cm³/mol. The van der Waals surface area contributed by atoms with E-state index < -0.39 is 11.9 Å². The van der Waals surface area contributed by atoms with Crippen molar-refractivity contribution in [2.24, 2.45) is 0 Å². The summed E-state index contributed by atoms with van der Waals surface area (Å²) in [4.78, 5) is 25.5. The van der Waals surface area contributed by atoms with E-state index in [2.05, 4.69) is 31.0 Å². The first kappa shape index (κ1) is 27.0. The molecule has 1 aliphatic rings. The van der Waals surface area contributed by atoms with Crippen molar-refractivity contribution in [2.45, 2.75) is 50.9 Å². The van der Waals surface area contributed by atoms with Crippen molar-refractivity contribution in [1.29, 1.82) is 0 Å². The third-order valence-electron chi connectivity index (χ3n) is 6.13. The summed E-state index contributed by atoms with van der Waals surface area (Å²) in [6.07, 6.45) is 3.05. The average Bonchev–Trinajstić information content (AvgIpc) is 3.68. The van der Waals surface area contributed by atoms with Crippen LogP contribution in [0.1, 0.15) is 40.9 Å². The number of anilines is 2. The van der Waals surface area contributed by atoms with Gasteiger partial charge in [0.15, 0.2) is 11.9 Å². The van der Waals surface area contributed by atoms with Crippen molar-refractivity contribution >= 4 is 44.8 Å². The molecule has 0 spiro atoms. The van der Waals surface area contributed by atoms with Crippen LogP contribution in [0.2, 0.25) is 0 Å². The summed E-state index contributed by atoms with van der Waals surface area (Å²) in [5.74, 6) is -0.442. The molecule has 0 saturated carbocycles. The standard InChI is InChI=1S/C27H28N6O4S2/c1-18-36-17-27(37-18,20-12-6-3-7-13-20)24(35)29-26-33-31-23(39-26)15-9-8-14-22-30-32-25(38-22)28-21(34)16-19-10-4-2-5-11-19/h2-7,10-13,18H,8-9,14-17H2,1H3,(H,28,32,34)(H,29,33,35). The van der Waals surface area contributed by atoms with E-state index in [-0.39, 0.29) is 18.4 Å². The maximum atomic E-state index is 13.3. The first-order valence-corrected chi connectivity index (χ1v) is 14.3. The van der Waals surface area contributed by atoms with Gasteiger partial charge in [0.25, 0.3) is 5.91 Å². The van der Waals surface area contributed by atoms with Crippen LogP contribution >= 0.6 is 22.7 Å². The van der Waals surface area contributed by atoms with Crippen LogP contribution in [0.25, 0.3) is 0 Å². The molecule has 2 N–H and O–H groups in total. The molecule has 39 heavy (non-hydrogen) atoms. The van der Waals surface area contributed by atoms with Crippen LogP contribution in [0, 0.1) is 0 Å². The van der Waals surface area contributed by atoms with Gasteiger partial charge in [-0.05, 0) is 30.9 Å². The minimum absolute atomic E-state index is 0.112. The summed E-state index contributed by atoms with van der Waals surface area (Å²) < 4.78 is 11.5. The molecule has 2 amide bonds. The van der Waals surface area contributed by atoms with Crippen molar-refractivity contribution in [2.75, 3.05) is 17.2 Å². The minimum atomic E-state index is -1.23. The Labute approximate surface area is 233 Å². The molecule has 1 saturated heterocycles. The second-order valence-electron chi connectivity index (χ2n) is 9.06. The first-order chi connectivity index (χ1) is 19.0. The Morgan fingerprint density at radius 2 is 1.46 bits per heavy atom. The van der Waals surface area contributed by atoms with Gasteiger partial charge in [-0.3, -0.25) is 14.9 Å². The Bertz CT molecular complexity index is 1400. The van der Waals surface area contributed by atoms with Crippen molar-refractivity contribution in [1.82, 2.24) is 20.4 Å². The lowest BCUT2D eigenvalue weighted by Crippen LogP contribution is -2.42. The van der Waals surface area contributed by atoms with E-state index in [0.29, 0.717) is 16.7 Å². The van der Waals surface area contributed by atoms with E-state index in [1.54, 1.807) is 6.92 Å². The van der Waals surface area contributed by atoms with Gasteiger partial charge in [-0.15, -0.1) is 20.4 Å². The zero-order valence-corrected chi connectivity index (χ0v) is 23.0. The van der Waals surface area contributed by atoms with Gasteiger partial charge in [0.05, 0.1) is 13.0 Å². The van der Waals surface area contributed by atoms with E-state index in [1.165, 1.54) is 22.7 Å². The van der Waals surface area contributed by atoms with E-state index in [4.69, 9.17) is 9.47 Å². The van der Waals surface area contributed by atoms with Gasteiger partial charge in [0.2, 0.25) is 16.2 Å². The molecule has 2 atom stereocenters. The number of carbonyl (C=O) groups is 2. The normalized spacial score (nSPS) is 18.6. The minimum Gasteiger partial charge on any atom is -0.349 e. The van der Waals surface area contributed by atoms with Gasteiger partial charge < -0.3 is 14.8 Å². The van der Waals surface area contributed by atoms with Gasteiger partial charge >= 0.3 is 0 Å². The number of rotatable bonds is 11. The number of unbranched alkanes of at least 4 members (excludes halogenated alkanes) is 1. The highest BCUT2D eigenvalue weighted by Gasteiger charge is 2.48. The second kappa shape index (κ2) is 12.5. The largest absolute Gasteiger partial charge is 0.349 e. The number of aromatic nitrogens is 4. The molecular weight excluding hydrogens is 536 g/mol. The van der Waals surface area contributed by atoms with E-state index in [1.807, 2.05) is 60.7 Å². The van der Waals surface area contributed by atoms with Crippen LogP contribution in [0.4, 0.5) is 10.3 Å². The van der Waals surface area contributed by atoms with Gasteiger partial charge in [-0.1, -0.05) is 83.3 Å². The fourth-order valence-corrected chi connectivity index (χ4v) is 5.77. The molecule has 2 aromatic carbocycles. The summed E-state index contributed by atoms with van der Waals surface area (Å²) in [6, 6.07) is 18.9. The van der Waals surface area contributed by atoms with Gasteiger partial charge in [0, 0.05) is 12.8 Å². The van der Waals surface area contributed by atoms with Crippen molar-refractivity contribution in [3.8, 4) is 0 Å². The smallest absolute Gasteiger partial charge is 0.265 e. The van der Waals surface area contributed by atoms with E-state index in [9.17, 15) is 9.59 Å². The second-order valence-corrected chi connectivity index (χ2v) is 11.2. The SMILES string of the molecule is CC1OCC(C(=O)Nc2nnc(CCCCc3nnc(NC(=O)Cc4ccccc4)s3)s2)(c2ccccc2)O1. The number of amides is 2. The fraction of sp³-hybridized carbons (Fsp3) is 0.333. The Morgan fingerprint density at radius 1 is 0.872 bits per heavy atom. The molecular formula is C27H28N6O4S2. The maximum Gasteiger partial charge on any atom is 0.265 e. The molecule has 10 nitrogen and oxygen atoms in total. The molecule has 12 heteroatoms. The number of ether oxygens (including phenoxy) is 2. The quantitative estimate of drug-likeness (QED) is 0.257. The summed E-state index contributed by atoms with van der Waals surface area (Å²) in [7, 11) is 0. The lowest BCUT2D eigenvalue weighted by atomic mass is 9.94. The highest BCUT2D eigenvalue weighted by Crippen LogP contribution is 2.35. The molecule has 5 rings (SSSR count). The highest BCUT2D eigenvalue weighted by molar-refractivity contribution is 7.15. The van der Waals surface area contributed by atoms with Gasteiger partial charge in [0.1, 0.15) is 10.0 Å². The molecule has 4 aromatic rings. The first-order valence-electron chi connectivity index (χ1n) is 12.6. The lowest BCUT2D eigenvalue weighted by molar-refractivity contribution is -0.142. The van der Waals surface area contributed by atoms with Gasteiger partial charge in [-0.25, -0.2) is 0 Å². The molecule has 1 fully saturated rings. The van der Waals surface area contributed by atoms with Crippen molar-refractivity contribution in [3.63, 3.8) is 0 Å². The molecule has 0 bridgehead atoms. The molecule has 0 aliphatic carbocycles. The number of benzene rings is 2. The zero-order valence-electron chi connectivity index (χ0n) is 21.3. The monoisotopic (exact) mass is 564 g/mol. The number of nitrogens with zero attached hydrogens (tertiary/aromatic N) is 4. The van der Waals surface area contributed by atoms with E-state index in [0.717, 1.165) is 46.8 Å². The summed E-state index contributed by atoms with van der Waals surface area (Å²) in [6.45, 7) is 1.89. The van der Waals surface area contributed by atoms with Crippen LogP contribution in [-0.4, -0.2) is 45.1 Å². The molecule has 202 valence electrons. The molecule has 2 unspecified atom stereocenters. The number of carbonyl (C=O) groups excluding carboxylic acids is 2. The Kier molecular flexibility index (Phi) is 8.67. The fourth-order valence-electron chi connectivity index (χ4n) is 4.20. The van der Waals surface area contributed by atoms with Crippen LogP contribution < -0.4 is 10.6 Å². The van der Waals surface area contributed by atoms with Crippen molar-refractivity contribution < 1.29 is 19.1 Å². The van der Waals surface area contributed by atoms with Crippen LogP contribution in [0.5, 0.6) is 0 Å². The number of hydrogen-bond acceptors (Lipinski definition) is 10. The average molecular weight is 565 g/mol. The van der Waals surface area contributed by atoms with Crippen molar-refractivity contribution in [3.05, 3.63) is 81.8 Å². The lowest BCUT2D eigenvalue weighted by Gasteiger charge is -2.25. The number of hydrogen-bond donors (Lipinski definition) is 2. The third-order valence-corrected chi connectivity index (χ3v) is 7.93. The summed E-state index contributed by atoms with van der Waals surface area (Å²) in [5, 5.41) is 25.0. The number of nitrogens with one attached hydrogen (secondary N) is 2. The summed E-state index contributed by atoms with van der Waals surface area (Å²) in [5.41, 5.74) is 0.450. The molecule has 3 heterocycles. The molecule has 2 aromatic heterocycles. The van der Waals surface area contributed by atoms with Gasteiger partial charge in [-0.2, -0.15) is 0 Å². The summed E-state index contributed by atoms with van der Waals surface area (Å²) >= 11 is 2.74.